The van der Waals surface area contributed by atoms with Crippen molar-refractivity contribution < 1.29 is 17.5 Å². The molecule has 0 aliphatic carbocycles. The number of aryl methyl sites for hydroxylation is 2. The van der Waals surface area contributed by atoms with Crippen LogP contribution in [0, 0.1) is 0 Å². The molecule has 0 saturated heterocycles. The molecule has 0 unspecified atom stereocenters. The first-order valence-corrected chi connectivity index (χ1v) is 12.6. The van der Waals surface area contributed by atoms with Crippen molar-refractivity contribution in [2.45, 2.75) is 26.3 Å². The molecule has 0 spiro atoms. The van der Waals surface area contributed by atoms with E-state index in [0.717, 1.165) is 45.8 Å². The topological polar surface area (TPSA) is 86.1 Å². The van der Waals surface area contributed by atoms with E-state index in [1.165, 1.54) is 0 Å². The number of nitrogens with zero attached hydrogens (tertiary/aromatic N) is 1. The fraction of sp³-hybridized carbons (Fsp3) is 0.192. The molecule has 3 N–H and O–H groups in total. The molecule has 3 aromatic carbocycles. The minimum atomic E-state index is -4.01. The first-order valence-electron chi connectivity index (χ1n) is 11.0. The predicted molar refractivity (Wildman–Crippen MR) is 133 cm³/mol. The van der Waals surface area contributed by atoms with Crippen LogP contribution in [0.15, 0.2) is 79.0 Å². The average Bonchev–Trinajstić information content (AvgIpc) is 3.17. The Hall–Kier alpha value is -3.42. The van der Waals surface area contributed by atoms with Crippen LogP contribution in [0.5, 0.6) is 0 Å². The third-order valence-electron chi connectivity index (χ3n) is 5.62. The van der Waals surface area contributed by atoms with E-state index in [2.05, 4.69) is 46.1 Å². The van der Waals surface area contributed by atoms with E-state index >= 15 is 0 Å². The summed E-state index contributed by atoms with van der Waals surface area (Å²) in [6, 6.07) is 24.2. The zero-order valence-corrected chi connectivity index (χ0v) is 19.3. The third kappa shape index (κ3) is 5.50. The minimum absolute atomic E-state index is 0.264. The van der Waals surface area contributed by atoms with Crippen LogP contribution in [0.4, 0.5) is 5.69 Å². The highest BCUT2D eigenvalue weighted by atomic mass is 32.2. The molecule has 0 atom stereocenters. The zero-order valence-electron chi connectivity index (χ0n) is 18.5. The van der Waals surface area contributed by atoms with Gasteiger partial charge in [0, 0.05) is 23.5 Å². The van der Waals surface area contributed by atoms with Gasteiger partial charge in [-0.2, -0.15) is 8.42 Å². The number of para-hydroxylation sites is 1. The highest BCUT2D eigenvalue weighted by molar-refractivity contribution is 7.85. The summed E-state index contributed by atoms with van der Waals surface area (Å²) in [5.41, 5.74) is 6.21. The van der Waals surface area contributed by atoms with Gasteiger partial charge in [0.05, 0.1) is 12.3 Å². The van der Waals surface area contributed by atoms with Crippen LogP contribution in [0.2, 0.25) is 0 Å². The summed E-state index contributed by atoms with van der Waals surface area (Å²) in [6.07, 6.45) is 4.77. The summed E-state index contributed by atoms with van der Waals surface area (Å²) in [5, 5.41) is 3.28. The average molecular weight is 463 g/mol. The minimum Gasteiger partial charge on any atom is -0.361 e. The maximum Gasteiger partial charge on any atom is 0.281 e. The molecule has 0 bridgehead atoms. The molecule has 0 aliphatic heterocycles. The lowest BCUT2D eigenvalue weighted by molar-refractivity contribution is -0.669. The van der Waals surface area contributed by atoms with E-state index in [1.807, 2.05) is 60.8 Å². The van der Waals surface area contributed by atoms with Crippen molar-refractivity contribution in [1.29, 1.82) is 0 Å². The summed E-state index contributed by atoms with van der Waals surface area (Å²) in [6.45, 7) is 2.87. The second-order valence-electron chi connectivity index (χ2n) is 7.84. The molecule has 1 aromatic heterocycles. The normalized spacial score (nSPS) is 11.9. The standard InChI is InChI=1S/C26H27N3O3S/c1-2-29-24-16-15-22(20-10-5-3-6-11-20)23(14-9-19-33(30,31)32)26(24)28-25(29)17-18-27-21-12-7-4-8-13-21/h3-8,10-13,15-18H,2,9,14,19H2,1H3,(H2,27,28,30,31,32)/p+1. The molecule has 0 radical (unpaired) electrons. The number of nitrogens with one attached hydrogen (secondary N) is 2. The van der Waals surface area contributed by atoms with Gasteiger partial charge in [-0.25, -0.2) is 9.55 Å². The van der Waals surface area contributed by atoms with Crippen LogP contribution in [0.1, 0.15) is 24.7 Å². The second-order valence-corrected chi connectivity index (χ2v) is 9.41. The largest absolute Gasteiger partial charge is 0.361 e. The number of aromatic amines is 1. The van der Waals surface area contributed by atoms with Crippen LogP contribution >= 0.6 is 0 Å². The van der Waals surface area contributed by atoms with Gasteiger partial charge in [-0.3, -0.25) is 4.55 Å². The zero-order chi connectivity index (χ0) is 23.3. The Bertz CT molecular complexity index is 1360. The van der Waals surface area contributed by atoms with Crippen molar-refractivity contribution >= 4 is 32.9 Å². The SMILES string of the molecule is CC[n+]1c(C=CNc2ccccc2)[nH]c2c(CCCS(=O)(=O)O)c(-c3ccccc3)ccc21. The van der Waals surface area contributed by atoms with Crippen molar-refractivity contribution in [1.82, 2.24) is 4.98 Å². The van der Waals surface area contributed by atoms with Crippen molar-refractivity contribution in [3.05, 3.63) is 90.4 Å². The molecule has 6 nitrogen and oxygen atoms in total. The molecule has 170 valence electrons. The van der Waals surface area contributed by atoms with Gasteiger partial charge in [0.15, 0.2) is 11.0 Å². The Labute approximate surface area is 194 Å². The molecule has 0 amide bonds. The summed E-state index contributed by atoms with van der Waals surface area (Å²) >= 11 is 0. The Morgan fingerprint density at radius 1 is 1.00 bits per heavy atom. The Balaban J connectivity index is 1.76. The Morgan fingerprint density at radius 2 is 1.70 bits per heavy atom. The number of benzene rings is 3. The fourth-order valence-electron chi connectivity index (χ4n) is 4.13. The van der Waals surface area contributed by atoms with E-state index in [9.17, 15) is 13.0 Å². The van der Waals surface area contributed by atoms with E-state index in [4.69, 9.17) is 0 Å². The van der Waals surface area contributed by atoms with E-state index in [0.29, 0.717) is 12.8 Å². The third-order valence-corrected chi connectivity index (χ3v) is 6.43. The van der Waals surface area contributed by atoms with Gasteiger partial charge in [-0.1, -0.05) is 48.5 Å². The molecule has 0 saturated carbocycles. The maximum atomic E-state index is 11.3. The van der Waals surface area contributed by atoms with Gasteiger partial charge in [-0.15, -0.1) is 0 Å². The number of hydrogen-bond acceptors (Lipinski definition) is 3. The Kier molecular flexibility index (Phi) is 6.91. The van der Waals surface area contributed by atoms with Crippen LogP contribution in [-0.4, -0.2) is 23.7 Å². The lowest BCUT2D eigenvalue weighted by Crippen LogP contribution is -2.34. The number of hydrogen-bond donors (Lipinski definition) is 3. The van der Waals surface area contributed by atoms with Gasteiger partial charge in [0.25, 0.3) is 15.9 Å². The number of rotatable bonds is 9. The van der Waals surface area contributed by atoms with Crippen molar-refractivity contribution in [2.75, 3.05) is 11.1 Å². The summed E-state index contributed by atoms with van der Waals surface area (Å²) < 4.78 is 34.0. The monoisotopic (exact) mass is 462 g/mol. The summed E-state index contributed by atoms with van der Waals surface area (Å²) in [5.74, 6) is 0.678. The van der Waals surface area contributed by atoms with Crippen LogP contribution in [-0.2, 0) is 23.1 Å². The van der Waals surface area contributed by atoms with Crippen LogP contribution in [0.25, 0.3) is 28.2 Å². The maximum absolute atomic E-state index is 11.3. The predicted octanol–water partition coefficient (Wildman–Crippen LogP) is 5.05. The molecule has 4 rings (SSSR count). The number of anilines is 1. The van der Waals surface area contributed by atoms with Gasteiger partial charge < -0.3 is 5.32 Å². The van der Waals surface area contributed by atoms with Gasteiger partial charge in [-0.05, 0) is 55.2 Å². The highest BCUT2D eigenvalue weighted by Gasteiger charge is 2.21. The number of H-pyrrole nitrogens is 1. The molecular formula is C26H28N3O3S+. The van der Waals surface area contributed by atoms with Gasteiger partial charge in [0.2, 0.25) is 0 Å². The van der Waals surface area contributed by atoms with Crippen molar-refractivity contribution in [3.63, 3.8) is 0 Å². The number of imidazole rings is 1. The summed E-state index contributed by atoms with van der Waals surface area (Å²) in [7, 11) is -4.01. The highest BCUT2D eigenvalue weighted by Crippen LogP contribution is 2.30. The first-order chi connectivity index (χ1) is 16.0. The van der Waals surface area contributed by atoms with Crippen LogP contribution < -0.4 is 9.88 Å². The van der Waals surface area contributed by atoms with Crippen molar-refractivity contribution in [2.24, 2.45) is 0 Å². The molecule has 4 aromatic rings. The van der Waals surface area contributed by atoms with Gasteiger partial charge in [0.1, 0.15) is 0 Å². The van der Waals surface area contributed by atoms with E-state index in [-0.39, 0.29) is 5.75 Å². The molecule has 0 aliphatic rings. The number of aromatic nitrogens is 2. The molecule has 7 heteroatoms. The van der Waals surface area contributed by atoms with E-state index in [1.54, 1.807) is 0 Å². The molecular weight excluding hydrogens is 434 g/mol. The summed E-state index contributed by atoms with van der Waals surface area (Å²) in [4.78, 5) is 3.55. The fourth-order valence-corrected chi connectivity index (χ4v) is 4.64. The number of fused-ring (bicyclic) bond motifs is 1. The lowest BCUT2D eigenvalue weighted by atomic mass is 9.95. The smallest absolute Gasteiger partial charge is 0.281 e. The Morgan fingerprint density at radius 3 is 2.36 bits per heavy atom. The lowest BCUT2D eigenvalue weighted by Gasteiger charge is -2.09. The van der Waals surface area contributed by atoms with E-state index < -0.39 is 10.1 Å². The van der Waals surface area contributed by atoms with Gasteiger partial charge >= 0.3 is 0 Å². The quantitative estimate of drug-likeness (QED) is 0.240. The molecule has 33 heavy (non-hydrogen) atoms. The molecule has 0 fully saturated rings. The first kappa shape index (κ1) is 22.8. The van der Waals surface area contributed by atoms with Crippen molar-refractivity contribution in [3.8, 4) is 11.1 Å². The molecule has 1 heterocycles. The second kappa shape index (κ2) is 10.0. The van der Waals surface area contributed by atoms with Crippen LogP contribution in [0.3, 0.4) is 0 Å².